The topological polar surface area (TPSA) is 68.0 Å². The lowest BCUT2D eigenvalue weighted by Gasteiger charge is -2.37. The molecule has 0 radical (unpaired) electrons. The molecular formula is C15H21Cl2N3O. The first-order chi connectivity index (χ1) is 9.88. The molecule has 0 unspecified atom stereocenters. The standard InChI is InChI=1S/C15H21Cl2N3O/c1-9-3-5-15(8-18,6-4-9)14(21)20-12-10(2)7-11(16)19-13(12)17/h7,9H,3-6,8,18H2,1-2H3,(H,20,21). The molecule has 1 saturated carbocycles. The van der Waals surface area contributed by atoms with Crippen molar-refractivity contribution in [2.45, 2.75) is 39.5 Å². The number of carbonyl (C=O) groups is 1. The fourth-order valence-corrected chi connectivity index (χ4v) is 3.41. The number of carbonyl (C=O) groups excluding carboxylic acids is 1. The largest absolute Gasteiger partial charge is 0.329 e. The van der Waals surface area contributed by atoms with Crippen LogP contribution in [0.3, 0.4) is 0 Å². The van der Waals surface area contributed by atoms with Gasteiger partial charge in [0.25, 0.3) is 0 Å². The highest BCUT2D eigenvalue weighted by Crippen LogP contribution is 2.39. The summed E-state index contributed by atoms with van der Waals surface area (Å²) in [5.41, 5.74) is 6.73. The smallest absolute Gasteiger partial charge is 0.231 e. The van der Waals surface area contributed by atoms with Gasteiger partial charge in [-0.25, -0.2) is 4.98 Å². The van der Waals surface area contributed by atoms with Crippen LogP contribution in [0.2, 0.25) is 10.3 Å². The van der Waals surface area contributed by atoms with E-state index < -0.39 is 5.41 Å². The maximum atomic E-state index is 12.7. The monoisotopic (exact) mass is 329 g/mol. The lowest BCUT2D eigenvalue weighted by molar-refractivity contribution is -0.127. The van der Waals surface area contributed by atoms with E-state index in [0.717, 1.165) is 31.2 Å². The summed E-state index contributed by atoms with van der Waals surface area (Å²) in [6.45, 7) is 4.40. The first kappa shape index (κ1) is 16.5. The van der Waals surface area contributed by atoms with Gasteiger partial charge in [0.1, 0.15) is 5.15 Å². The van der Waals surface area contributed by atoms with Gasteiger partial charge in [-0.3, -0.25) is 4.79 Å². The van der Waals surface area contributed by atoms with Gasteiger partial charge in [0.05, 0.1) is 11.1 Å². The van der Waals surface area contributed by atoms with E-state index in [-0.39, 0.29) is 11.1 Å². The Bertz CT molecular complexity index is 517. The molecule has 21 heavy (non-hydrogen) atoms. The number of aromatic nitrogens is 1. The molecule has 1 aliphatic carbocycles. The normalized spacial score (nSPS) is 25.7. The van der Waals surface area contributed by atoms with Gasteiger partial charge in [0.2, 0.25) is 5.91 Å². The van der Waals surface area contributed by atoms with E-state index in [1.165, 1.54) is 0 Å². The minimum atomic E-state index is -0.498. The molecule has 2 rings (SSSR count). The van der Waals surface area contributed by atoms with Crippen LogP contribution in [0, 0.1) is 18.3 Å². The summed E-state index contributed by atoms with van der Waals surface area (Å²) in [6, 6.07) is 1.68. The van der Waals surface area contributed by atoms with Gasteiger partial charge >= 0.3 is 0 Å². The van der Waals surface area contributed by atoms with Crippen molar-refractivity contribution in [3.63, 3.8) is 0 Å². The van der Waals surface area contributed by atoms with Crippen molar-refractivity contribution >= 4 is 34.8 Å². The van der Waals surface area contributed by atoms with E-state index in [1.54, 1.807) is 6.07 Å². The second-order valence-electron chi connectivity index (χ2n) is 6.05. The number of nitrogens with two attached hydrogens (primary N) is 1. The van der Waals surface area contributed by atoms with Crippen LogP contribution in [0.4, 0.5) is 5.69 Å². The van der Waals surface area contributed by atoms with Gasteiger partial charge in [0, 0.05) is 6.54 Å². The van der Waals surface area contributed by atoms with E-state index in [9.17, 15) is 4.79 Å². The average Bonchev–Trinajstić information content (AvgIpc) is 2.43. The van der Waals surface area contributed by atoms with Crippen molar-refractivity contribution in [2.75, 3.05) is 11.9 Å². The summed E-state index contributed by atoms with van der Waals surface area (Å²) in [7, 11) is 0. The summed E-state index contributed by atoms with van der Waals surface area (Å²) < 4.78 is 0. The first-order valence-electron chi connectivity index (χ1n) is 7.22. The van der Waals surface area contributed by atoms with Gasteiger partial charge < -0.3 is 11.1 Å². The SMILES string of the molecule is Cc1cc(Cl)nc(Cl)c1NC(=O)C1(CN)CCC(C)CC1. The Morgan fingerprint density at radius 3 is 2.62 bits per heavy atom. The van der Waals surface area contributed by atoms with Crippen LogP contribution in [-0.2, 0) is 4.79 Å². The van der Waals surface area contributed by atoms with Crippen LogP contribution in [0.15, 0.2) is 6.07 Å². The molecule has 0 bridgehead atoms. The molecule has 116 valence electrons. The zero-order valence-corrected chi connectivity index (χ0v) is 13.9. The number of halogens is 2. The van der Waals surface area contributed by atoms with Gasteiger partial charge in [0.15, 0.2) is 5.15 Å². The number of pyridine rings is 1. The molecule has 0 atom stereocenters. The molecule has 1 aromatic heterocycles. The van der Waals surface area contributed by atoms with Crippen LogP contribution in [0.1, 0.15) is 38.2 Å². The molecule has 3 N–H and O–H groups in total. The number of anilines is 1. The fourth-order valence-electron chi connectivity index (χ4n) is 2.83. The van der Waals surface area contributed by atoms with Crippen LogP contribution >= 0.6 is 23.2 Å². The van der Waals surface area contributed by atoms with E-state index in [2.05, 4.69) is 17.2 Å². The second-order valence-corrected chi connectivity index (χ2v) is 6.79. The summed E-state index contributed by atoms with van der Waals surface area (Å²) in [5, 5.41) is 3.44. The predicted octanol–water partition coefficient (Wildman–Crippen LogP) is 3.79. The maximum Gasteiger partial charge on any atom is 0.231 e. The number of nitrogens with zero attached hydrogens (tertiary/aromatic N) is 1. The van der Waals surface area contributed by atoms with Crippen molar-refractivity contribution in [1.29, 1.82) is 0 Å². The van der Waals surface area contributed by atoms with Crippen molar-refractivity contribution < 1.29 is 4.79 Å². The van der Waals surface area contributed by atoms with Crippen LogP contribution < -0.4 is 11.1 Å². The van der Waals surface area contributed by atoms with Crippen molar-refractivity contribution in [2.24, 2.45) is 17.1 Å². The Morgan fingerprint density at radius 1 is 1.48 bits per heavy atom. The molecule has 0 saturated heterocycles. The van der Waals surface area contributed by atoms with E-state index in [1.807, 2.05) is 6.92 Å². The molecule has 6 heteroatoms. The maximum absolute atomic E-state index is 12.7. The van der Waals surface area contributed by atoms with E-state index in [0.29, 0.717) is 23.3 Å². The van der Waals surface area contributed by atoms with Gasteiger partial charge in [-0.15, -0.1) is 0 Å². The molecule has 1 aromatic rings. The fraction of sp³-hybridized carbons (Fsp3) is 0.600. The highest BCUT2D eigenvalue weighted by atomic mass is 35.5. The Morgan fingerprint density at radius 2 is 2.10 bits per heavy atom. The second kappa shape index (κ2) is 6.51. The van der Waals surface area contributed by atoms with Crippen molar-refractivity contribution in [1.82, 2.24) is 4.98 Å². The molecule has 1 heterocycles. The summed E-state index contributed by atoms with van der Waals surface area (Å²) in [6.07, 6.45) is 3.68. The summed E-state index contributed by atoms with van der Waals surface area (Å²) in [5.74, 6) is 0.589. The van der Waals surface area contributed by atoms with E-state index >= 15 is 0 Å². The molecule has 0 aliphatic heterocycles. The van der Waals surface area contributed by atoms with Crippen LogP contribution in [0.5, 0.6) is 0 Å². The van der Waals surface area contributed by atoms with Gasteiger partial charge in [-0.1, -0.05) is 30.1 Å². The molecule has 1 fully saturated rings. The van der Waals surface area contributed by atoms with Gasteiger partial charge in [-0.05, 0) is 50.2 Å². The Kier molecular flexibility index (Phi) is 5.12. The third-order valence-corrected chi connectivity index (χ3v) is 4.95. The number of aryl methyl sites for hydroxylation is 1. The van der Waals surface area contributed by atoms with Gasteiger partial charge in [-0.2, -0.15) is 0 Å². The minimum Gasteiger partial charge on any atom is -0.329 e. The van der Waals surface area contributed by atoms with Crippen molar-refractivity contribution in [3.8, 4) is 0 Å². The zero-order valence-electron chi connectivity index (χ0n) is 12.4. The molecule has 4 nitrogen and oxygen atoms in total. The number of hydrogen-bond acceptors (Lipinski definition) is 3. The number of nitrogens with one attached hydrogen (secondary N) is 1. The average molecular weight is 330 g/mol. The lowest BCUT2D eigenvalue weighted by atomic mass is 9.70. The van der Waals surface area contributed by atoms with Crippen LogP contribution in [0.25, 0.3) is 0 Å². The zero-order chi connectivity index (χ0) is 15.6. The predicted molar refractivity (Wildman–Crippen MR) is 86.7 cm³/mol. The number of rotatable bonds is 3. The van der Waals surface area contributed by atoms with Crippen LogP contribution in [-0.4, -0.2) is 17.4 Å². The Labute approximate surface area is 135 Å². The first-order valence-corrected chi connectivity index (χ1v) is 7.98. The molecule has 0 spiro atoms. The summed E-state index contributed by atoms with van der Waals surface area (Å²) >= 11 is 11.9. The minimum absolute atomic E-state index is 0.0639. The molecule has 0 aromatic carbocycles. The van der Waals surface area contributed by atoms with E-state index in [4.69, 9.17) is 28.9 Å². The lowest BCUT2D eigenvalue weighted by Crippen LogP contribution is -2.45. The number of amides is 1. The molecular weight excluding hydrogens is 309 g/mol. The quantitative estimate of drug-likeness (QED) is 0.829. The Balaban J connectivity index is 2.21. The summed E-state index contributed by atoms with van der Waals surface area (Å²) in [4.78, 5) is 16.7. The third-order valence-electron chi connectivity index (χ3n) is 4.48. The Hall–Kier alpha value is -0.840. The van der Waals surface area contributed by atoms with Crippen molar-refractivity contribution in [3.05, 3.63) is 21.9 Å². The number of hydrogen-bond donors (Lipinski definition) is 2. The molecule has 1 amide bonds. The third kappa shape index (κ3) is 3.50. The highest BCUT2D eigenvalue weighted by molar-refractivity contribution is 6.34. The highest BCUT2D eigenvalue weighted by Gasteiger charge is 2.40. The molecule has 1 aliphatic rings.